The molecule has 0 N–H and O–H groups in total. The quantitative estimate of drug-likeness (QED) is 0.730. The number of hydrogen-bond acceptors (Lipinski definition) is 3. The maximum atomic E-state index is 13.6. The van der Waals surface area contributed by atoms with Gasteiger partial charge in [0.05, 0.1) is 17.7 Å². The lowest BCUT2D eigenvalue weighted by atomic mass is 9.69. The number of carbonyl (C=O) groups is 1. The van der Waals surface area contributed by atoms with Crippen LogP contribution in [0.5, 0.6) is 0 Å². The molecule has 4 nitrogen and oxygen atoms in total. The zero-order valence-electron chi connectivity index (χ0n) is 16.2. The van der Waals surface area contributed by atoms with Crippen LogP contribution in [0.15, 0.2) is 24.3 Å². The van der Waals surface area contributed by atoms with Gasteiger partial charge in [-0.3, -0.25) is 4.79 Å². The van der Waals surface area contributed by atoms with Crippen molar-refractivity contribution >= 4 is 27.5 Å². The molecule has 0 radical (unpaired) electrons. The number of nitrogens with zero attached hydrogens (tertiary/aromatic N) is 1. The lowest BCUT2D eigenvalue weighted by Crippen LogP contribution is -2.45. The zero-order valence-corrected chi connectivity index (χ0v) is 17.8. The number of rotatable bonds is 4. The van der Waals surface area contributed by atoms with Gasteiger partial charge < -0.3 is 0 Å². The van der Waals surface area contributed by atoms with Crippen molar-refractivity contribution in [2.45, 2.75) is 64.8 Å². The fourth-order valence-electron chi connectivity index (χ4n) is 6.15. The molecule has 4 rings (SSSR count). The van der Waals surface area contributed by atoms with Crippen LogP contribution in [0.2, 0.25) is 5.02 Å². The number of halogens is 1. The fourth-order valence-corrected chi connectivity index (χ4v) is 8.85. The molecule has 27 heavy (non-hydrogen) atoms. The molecule has 1 amide bonds. The Morgan fingerprint density at radius 3 is 2.56 bits per heavy atom. The molecular weight excluding hydrogens is 382 g/mol. The Bertz CT molecular complexity index is 864. The average Bonchev–Trinajstić information content (AvgIpc) is 3.07. The summed E-state index contributed by atoms with van der Waals surface area (Å²) in [5.41, 5.74) is 0.549. The highest BCUT2D eigenvalue weighted by atomic mass is 35.5. The molecule has 3 fully saturated rings. The van der Waals surface area contributed by atoms with Gasteiger partial charge in [0.15, 0.2) is 0 Å². The average molecular weight is 410 g/mol. The van der Waals surface area contributed by atoms with Crippen molar-refractivity contribution in [2.75, 3.05) is 5.75 Å². The number of sulfonamides is 1. The molecule has 1 heterocycles. The summed E-state index contributed by atoms with van der Waals surface area (Å²) in [6.45, 7) is 6.44. The van der Waals surface area contributed by atoms with Gasteiger partial charge in [0.2, 0.25) is 15.9 Å². The monoisotopic (exact) mass is 409 g/mol. The molecule has 0 aromatic heterocycles. The van der Waals surface area contributed by atoms with Crippen LogP contribution in [-0.4, -0.2) is 30.4 Å². The Hall–Kier alpha value is -1.07. The van der Waals surface area contributed by atoms with Crippen LogP contribution >= 0.6 is 11.6 Å². The van der Waals surface area contributed by atoms with E-state index in [4.69, 9.17) is 11.6 Å². The summed E-state index contributed by atoms with van der Waals surface area (Å²) in [6.07, 6.45) is 4.27. The summed E-state index contributed by atoms with van der Waals surface area (Å²) in [5, 5.41) is 0.615. The van der Waals surface area contributed by atoms with E-state index in [9.17, 15) is 13.2 Å². The van der Waals surface area contributed by atoms with Crippen molar-refractivity contribution in [3.05, 3.63) is 34.9 Å². The third-order valence-corrected chi connectivity index (χ3v) is 9.94. The van der Waals surface area contributed by atoms with E-state index in [1.807, 2.05) is 19.1 Å². The lowest BCUT2D eigenvalue weighted by Gasteiger charge is -2.37. The minimum Gasteiger partial charge on any atom is -0.273 e. The molecule has 3 unspecified atom stereocenters. The molecule has 148 valence electrons. The molecule has 1 aromatic carbocycles. The topological polar surface area (TPSA) is 54.5 Å². The van der Waals surface area contributed by atoms with Crippen molar-refractivity contribution in [3.8, 4) is 0 Å². The van der Waals surface area contributed by atoms with E-state index in [1.165, 1.54) is 4.31 Å². The van der Waals surface area contributed by atoms with Crippen LogP contribution < -0.4 is 0 Å². The van der Waals surface area contributed by atoms with Gasteiger partial charge in [0, 0.05) is 10.4 Å². The van der Waals surface area contributed by atoms with Gasteiger partial charge in [-0.2, -0.15) is 0 Å². The number of carbonyl (C=O) groups excluding carboxylic acids is 1. The van der Waals surface area contributed by atoms with Crippen molar-refractivity contribution in [3.63, 3.8) is 0 Å². The molecule has 1 saturated heterocycles. The highest BCUT2D eigenvalue weighted by Crippen LogP contribution is 2.70. The predicted octanol–water partition coefficient (Wildman–Crippen LogP) is 4.59. The van der Waals surface area contributed by atoms with Crippen LogP contribution in [0.3, 0.4) is 0 Å². The fraction of sp³-hybridized carbons (Fsp3) is 0.667. The second kappa shape index (κ2) is 6.21. The molecule has 1 aliphatic heterocycles. The van der Waals surface area contributed by atoms with Crippen LogP contribution in [0.1, 0.15) is 64.4 Å². The summed E-state index contributed by atoms with van der Waals surface area (Å²) >= 11 is 6.00. The maximum absolute atomic E-state index is 13.6. The zero-order chi connectivity index (χ0) is 19.6. The van der Waals surface area contributed by atoms with E-state index < -0.39 is 15.9 Å². The normalized spacial score (nSPS) is 33.9. The minimum absolute atomic E-state index is 0.0275. The molecule has 2 saturated carbocycles. The van der Waals surface area contributed by atoms with E-state index in [0.717, 1.165) is 31.2 Å². The largest absolute Gasteiger partial charge is 0.273 e. The van der Waals surface area contributed by atoms with Crippen LogP contribution in [0.4, 0.5) is 0 Å². The van der Waals surface area contributed by atoms with Gasteiger partial charge in [-0.15, -0.1) is 0 Å². The summed E-state index contributed by atoms with van der Waals surface area (Å²) in [5.74, 6) is -0.0448. The van der Waals surface area contributed by atoms with E-state index in [1.54, 1.807) is 12.1 Å². The smallest absolute Gasteiger partial charge is 0.243 e. The second-order valence-electron chi connectivity index (χ2n) is 9.15. The number of hydrogen-bond donors (Lipinski definition) is 0. The third kappa shape index (κ3) is 2.61. The van der Waals surface area contributed by atoms with E-state index in [-0.39, 0.29) is 28.5 Å². The highest BCUT2D eigenvalue weighted by Gasteiger charge is 2.72. The van der Waals surface area contributed by atoms with E-state index >= 15 is 0 Å². The molecule has 6 heteroatoms. The van der Waals surface area contributed by atoms with Crippen LogP contribution in [0, 0.1) is 16.7 Å². The first-order chi connectivity index (χ1) is 12.6. The SMILES string of the molecule is CCC[C@H](C(=O)N1C2CC3CCC2(CS1(=O)=O)C3(C)C)c1ccc(Cl)cc1. The minimum atomic E-state index is -3.58. The number of fused-ring (bicyclic) bond motifs is 1. The molecule has 2 aliphatic carbocycles. The van der Waals surface area contributed by atoms with Gasteiger partial charge >= 0.3 is 0 Å². The molecule has 3 aliphatic rings. The Kier molecular flexibility index (Phi) is 4.43. The Balaban J connectivity index is 1.73. The summed E-state index contributed by atoms with van der Waals surface area (Å²) in [7, 11) is -3.58. The van der Waals surface area contributed by atoms with Gasteiger partial charge in [-0.05, 0) is 54.7 Å². The summed E-state index contributed by atoms with van der Waals surface area (Å²) in [4.78, 5) is 13.6. The van der Waals surface area contributed by atoms with E-state index in [2.05, 4.69) is 13.8 Å². The Morgan fingerprint density at radius 1 is 1.30 bits per heavy atom. The Morgan fingerprint density at radius 2 is 1.96 bits per heavy atom. The first-order valence-corrected chi connectivity index (χ1v) is 11.9. The van der Waals surface area contributed by atoms with Gasteiger partial charge in [-0.25, -0.2) is 12.7 Å². The molecular formula is C21H28ClNO3S. The van der Waals surface area contributed by atoms with Crippen LogP contribution in [-0.2, 0) is 14.8 Å². The molecule has 4 atom stereocenters. The number of amides is 1. The first-order valence-electron chi connectivity index (χ1n) is 9.95. The maximum Gasteiger partial charge on any atom is 0.243 e. The number of benzene rings is 1. The molecule has 1 aromatic rings. The van der Waals surface area contributed by atoms with Crippen molar-refractivity contribution in [2.24, 2.45) is 16.7 Å². The first kappa shape index (κ1) is 19.3. The van der Waals surface area contributed by atoms with Crippen LogP contribution in [0.25, 0.3) is 0 Å². The lowest BCUT2D eigenvalue weighted by molar-refractivity contribution is -0.130. The van der Waals surface area contributed by atoms with Gasteiger partial charge in [0.25, 0.3) is 0 Å². The van der Waals surface area contributed by atoms with Crippen molar-refractivity contribution in [1.82, 2.24) is 4.31 Å². The summed E-state index contributed by atoms with van der Waals surface area (Å²) in [6, 6.07) is 7.07. The van der Waals surface area contributed by atoms with Gasteiger partial charge in [0.1, 0.15) is 0 Å². The van der Waals surface area contributed by atoms with Crippen molar-refractivity contribution in [1.29, 1.82) is 0 Å². The standard InChI is InChI=1S/C21H28ClNO3S/c1-4-5-17(14-6-8-16(22)9-7-14)19(24)23-18-12-15-10-11-21(18,20(15,2)3)13-27(23,25)26/h6-9,15,17-18H,4-5,10-13H2,1-3H3/t15?,17-,18?,21?/m0/s1. The van der Waals surface area contributed by atoms with Crippen molar-refractivity contribution < 1.29 is 13.2 Å². The predicted molar refractivity (Wildman–Crippen MR) is 107 cm³/mol. The summed E-state index contributed by atoms with van der Waals surface area (Å²) < 4.78 is 27.6. The molecule has 2 bridgehead atoms. The third-order valence-electron chi connectivity index (χ3n) is 7.78. The highest BCUT2D eigenvalue weighted by molar-refractivity contribution is 7.90. The second-order valence-corrected chi connectivity index (χ2v) is 11.4. The van der Waals surface area contributed by atoms with Gasteiger partial charge in [-0.1, -0.05) is 50.9 Å². The van der Waals surface area contributed by atoms with E-state index in [0.29, 0.717) is 17.4 Å². The Labute approximate surface area is 167 Å². The molecule has 1 spiro atoms.